The van der Waals surface area contributed by atoms with Crippen LogP contribution < -0.4 is 0 Å². The lowest BCUT2D eigenvalue weighted by molar-refractivity contribution is -0.152. The number of cyclic esters (lactones) is 1. The Bertz CT molecular complexity index is 176. The molecule has 1 saturated carbocycles. The second kappa shape index (κ2) is 2.50. The average molecular weight is 154 g/mol. The van der Waals surface area contributed by atoms with Crippen LogP contribution in [0, 0.1) is 17.8 Å². The standard InChI is InChI=1S/C9H14O2/c1-6-2-3-7-4-9(10)11-5-8(6)7/h6-8H,2-5H2,1H3/t6?,7-,8?/m1/s1. The van der Waals surface area contributed by atoms with Crippen molar-refractivity contribution in [2.45, 2.75) is 26.2 Å². The number of hydrogen-bond donors (Lipinski definition) is 0. The molecule has 2 rings (SSSR count). The molecule has 1 aliphatic carbocycles. The van der Waals surface area contributed by atoms with Crippen LogP contribution in [0.15, 0.2) is 0 Å². The monoisotopic (exact) mass is 154 g/mol. The Hall–Kier alpha value is -0.530. The summed E-state index contributed by atoms with van der Waals surface area (Å²) in [4.78, 5) is 10.9. The van der Waals surface area contributed by atoms with Crippen molar-refractivity contribution in [1.29, 1.82) is 0 Å². The molecule has 2 fully saturated rings. The first-order valence-corrected chi connectivity index (χ1v) is 4.43. The van der Waals surface area contributed by atoms with Gasteiger partial charge >= 0.3 is 5.97 Å². The van der Waals surface area contributed by atoms with E-state index < -0.39 is 0 Å². The average Bonchev–Trinajstić information content (AvgIpc) is 2.32. The van der Waals surface area contributed by atoms with E-state index in [9.17, 15) is 4.79 Å². The van der Waals surface area contributed by atoms with Crippen LogP contribution in [0.3, 0.4) is 0 Å². The molecule has 2 aliphatic rings. The quantitative estimate of drug-likeness (QED) is 0.495. The van der Waals surface area contributed by atoms with E-state index in [0.717, 1.165) is 5.92 Å². The third kappa shape index (κ3) is 1.15. The van der Waals surface area contributed by atoms with Gasteiger partial charge in [-0.2, -0.15) is 0 Å². The first-order valence-electron chi connectivity index (χ1n) is 4.43. The topological polar surface area (TPSA) is 26.3 Å². The molecule has 1 aliphatic heterocycles. The molecule has 1 saturated heterocycles. The van der Waals surface area contributed by atoms with E-state index in [2.05, 4.69) is 6.92 Å². The summed E-state index contributed by atoms with van der Waals surface area (Å²) in [5.41, 5.74) is 0. The first kappa shape index (κ1) is 7.14. The second-order valence-electron chi connectivity index (χ2n) is 3.87. The number of fused-ring (bicyclic) bond motifs is 1. The normalized spacial score (nSPS) is 43.4. The Morgan fingerprint density at radius 2 is 2.27 bits per heavy atom. The third-order valence-electron chi connectivity index (χ3n) is 3.19. The Morgan fingerprint density at radius 3 is 3.09 bits per heavy atom. The minimum absolute atomic E-state index is 0.0142. The van der Waals surface area contributed by atoms with Gasteiger partial charge in [0.25, 0.3) is 0 Å². The van der Waals surface area contributed by atoms with Crippen molar-refractivity contribution in [2.75, 3.05) is 6.61 Å². The van der Waals surface area contributed by atoms with Gasteiger partial charge < -0.3 is 4.74 Å². The van der Waals surface area contributed by atoms with Gasteiger partial charge in [-0.15, -0.1) is 0 Å². The summed E-state index contributed by atoms with van der Waals surface area (Å²) < 4.78 is 5.02. The summed E-state index contributed by atoms with van der Waals surface area (Å²) in [6.07, 6.45) is 3.20. The molecule has 2 heteroatoms. The van der Waals surface area contributed by atoms with E-state index in [1.165, 1.54) is 12.8 Å². The number of ether oxygens (including phenoxy) is 1. The second-order valence-corrected chi connectivity index (χ2v) is 3.87. The lowest BCUT2D eigenvalue weighted by atomic mass is 9.87. The zero-order chi connectivity index (χ0) is 7.84. The summed E-state index contributed by atoms with van der Waals surface area (Å²) in [5.74, 6) is 2.10. The van der Waals surface area contributed by atoms with Gasteiger partial charge in [-0.3, -0.25) is 4.79 Å². The predicted octanol–water partition coefficient (Wildman–Crippen LogP) is 1.60. The number of carbonyl (C=O) groups is 1. The Morgan fingerprint density at radius 1 is 1.45 bits per heavy atom. The van der Waals surface area contributed by atoms with Crippen LogP contribution in [0.25, 0.3) is 0 Å². The largest absolute Gasteiger partial charge is 0.465 e. The maximum Gasteiger partial charge on any atom is 0.306 e. The fourth-order valence-electron chi connectivity index (χ4n) is 2.39. The van der Waals surface area contributed by atoms with Gasteiger partial charge in [0.15, 0.2) is 0 Å². The van der Waals surface area contributed by atoms with Gasteiger partial charge in [-0.25, -0.2) is 0 Å². The third-order valence-corrected chi connectivity index (χ3v) is 3.19. The van der Waals surface area contributed by atoms with Crippen LogP contribution in [-0.2, 0) is 9.53 Å². The summed E-state index contributed by atoms with van der Waals surface area (Å²) in [5, 5.41) is 0. The van der Waals surface area contributed by atoms with Crippen molar-refractivity contribution in [2.24, 2.45) is 17.8 Å². The number of rotatable bonds is 0. The van der Waals surface area contributed by atoms with E-state index in [-0.39, 0.29) is 5.97 Å². The van der Waals surface area contributed by atoms with E-state index in [1.807, 2.05) is 0 Å². The zero-order valence-electron chi connectivity index (χ0n) is 6.88. The molecule has 3 atom stereocenters. The number of hydrogen-bond acceptors (Lipinski definition) is 2. The molecule has 0 aromatic heterocycles. The molecule has 11 heavy (non-hydrogen) atoms. The maximum absolute atomic E-state index is 10.9. The molecule has 0 radical (unpaired) electrons. The first-order chi connectivity index (χ1) is 5.27. The summed E-state index contributed by atoms with van der Waals surface area (Å²) in [6.45, 7) is 2.95. The Balaban J connectivity index is 2.05. The van der Waals surface area contributed by atoms with E-state index in [1.54, 1.807) is 0 Å². The molecule has 0 spiro atoms. The molecule has 2 unspecified atom stereocenters. The van der Waals surface area contributed by atoms with Crippen molar-refractivity contribution in [1.82, 2.24) is 0 Å². The van der Waals surface area contributed by atoms with Crippen molar-refractivity contribution >= 4 is 5.97 Å². The molecule has 0 bridgehead atoms. The highest BCUT2D eigenvalue weighted by Crippen LogP contribution is 2.41. The van der Waals surface area contributed by atoms with Gasteiger partial charge in [0.1, 0.15) is 0 Å². The molecular weight excluding hydrogens is 140 g/mol. The minimum Gasteiger partial charge on any atom is -0.465 e. The molecule has 0 aromatic carbocycles. The summed E-state index contributed by atoms with van der Waals surface area (Å²) in [6, 6.07) is 0. The van der Waals surface area contributed by atoms with Crippen molar-refractivity contribution in [3.05, 3.63) is 0 Å². The number of esters is 1. The van der Waals surface area contributed by atoms with E-state index in [0.29, 0.717) is 24.9 Å². The fraction of sp³-hybridized carbons (Fsp3) is 0.889. The van der Waals surface area contributed by atoms with Crippen LogP contribution in [-0.4, -0.2) is 12.6 Å². The predicted molar refractivity (Wildman–Crippen MR) is 41.0 cm³/mol. The van der Waals surface area contributed by atoms with Crippen LogP contribution >= 0.6 is 0 Å². The van der Waals surface area contributed by atoms with Crippen LogP contribution in [0.1, 0.15) is 26.2 Å². The Kier molecular flexibility index (Phi) is 1.63. The van der Waals surface area contributed by atoms with Crippen molar-refractivity contribution < 1.29 is 9.53 Å². The lowest BCUT2D eigenvalue weighted by Gasteiger charge is -2.26. The van der Waals surface area contributed by atoms with E-state index in [4.69, 9.17) is 4.74 Å². The van der Waals surface area contributed by atoms with Gasteiger partial charge in [0.2, 0.25) is 0 Å². The molecule has 2 nitrogen and oxygen atoms in total. The molecule has 0 amide bonds. The minimum atomic E-state index is 0.0142. The molecule has 1 heterocycles. The van der Waals surface area contributed by atoms with Gasteiger partial charge in [-0.1, -0.05) is 13.3 Å². The highest BCUT2D eigenvalue weighted by atomic mass is 16.5. The van der Waals surface area contributed by atoms with Crippen LogP contribution in [0.5, 0.6) is 0 Å². The number of carbonyl (C=O) groups excluding carboxylic acids is 1. The Labute approximate surface area is 66.9 Å². The molecule has 62 valence electrons. The van der Waals surface area contributed by atoms with Crippen molar-refractivity contribution in [3.63, 3.8) is 0 Å². The SMILES string of the molecule is CC1CC[C@@H]2CC(=O)OCC12. The highest BCUT2D eigenvalue weighted by Gasteiger charge is 2.38. The smallest absolute Gasteiger partial charge is 0.306 e. The van der Waals surface area contributed by atoms with Crippen molar-refractivity contribution in [3.8, 4) is 0 Å². The fourth-order valence-corrected chi connectivity index (χ4v) is 2.39. The van der Waals surface area contributed by atoms with Gasteiger partial charge in [0, 0.05) is 6.42 Å². The van der Waals surface area contributed by atoms with Crippen LogP contribution in [0.4, 0.5) is 0 Å². The van der Waals surface area contributed by atoms with E-state index >= 15 is 0 Å². The highest BCUT2D eigenvalue weighted by molar-refractivity contribution is 5.70. The maximum atomic E-state index is 10.9. The lowest BCUT2D eigenvalue weighted by Crippen LogP contribution is -2.29. The van der Waals surface area contributed by atoms with Crippen LogP contribution in [0.2, 0.25) is 0 Å². The summed E-state index contributed by atoms with van der Waals surface area (Å²) >= 11 is 0. The molecule has 0 N–H and O–H groups in total. The summed E-state index contributed by atoms with van der Waals surface area (Å²) in [7, 11) is 0. The zero-order valence-corrected chi connectivity index (χ0v) is 6.88. The molecule has 0 aromatic rings. The molecular formula is C9H14O2. The van der Waals surface area contributed by atoms with Gasteiger partial charge in [-0.05, 0) is 24.2 Å². The van der Waals surface area contributed by atoms with Gasteiger partial charge in [0.05, 0.1) is 6.61 Å².